The first-order valence-corrected chi connectivity index (χ1v) is 6.04. The lowest BCUT2D eigenvalue weighted by molar-refractivity contribution is 0.0129. The summed E-state index contributed by atoms with van der Waals surface area (Å²) >= 11 is 0. The van der Waals surface area contributed by atoms with Crippen molar-refractivity contribution in [2.45, 2.75) is 45.1 Å². The summed E-state index contributed by atoms with van der Waals surface area (Å²) < 4.78 is 10.9. The van der Waals surface area contributed by atoms with Crippen molar-refractivity contribution in [3.63, 3.8) is 0 Å². The van der Waals surface area contributed by atoms with Gasteiger partial charge in [-0.05, 0) is 25.7 Å². The Labute approximate surface area is 99.8 Å². The molecule has 1 atom stereocenters. The van der Waals surface area contributed by atoms with Gasteiger partial charge in [0.2, 0.25) is 5.76 Å². The largest absolute Gasteiger partial charge is 0.475 e. The van der Waals surface area contributed by atoms with Gasteiger partial charge in [0.05, 0.1) is 18.2 Å². The predicted octanol–water partition coefficient (Wildman–Crippen LogP) is 2.05. The van der Waals surface area contributed by atoms with Gasteiger partial charge in [-0.15, -0.1) is 0 Å². The van der Waals surface area contributed by atoms with E-state index in [0.29, 0.717) is 24.4 Å². The fourth-order valence-corrected chi connectivity index (χ4v) is 2.06. The second kappa shape index (κ2) is 5.31. The van der Waals surface area contributed by atoms with E-state index in [-0.39, 0.29) is 11.9 Å². The Morgan fingerprint density at radius 2 is 2.35 bits per heavy atom. The lowest BCUT2D eigenvalue weighted by Gasteiger charge is -2.20. The summed E-state index contributed by atoms with van der Waals surface area (Å²) in [4.78, 5) is 15.1. The van der Waals surface area contributed by atoms with Gasteiger partial charge in [-0.25, -0.2) is 9.78 Å². The van der Waals surface area contributed by atoms with E-state index >= 15 is 0 Å². The second-order valence-corrected chi connectivity index (χ2v) is 4.23. The summed E-state index contributed by atoms with van der Waals surface area (Å²) in [6, 6.07) is 0. The van der Waals surface area contributed by atoms with Crippen molar-refractivity contribution in [3.8, 4) is 0 Å². The third kappa shape index (κ3) is 2.85. The SMILES string of the molecule is CCc1nc(CC2CCCCO2)oc1C(=O)O. The number of aryl methyl sites for hydroxylation is 1. The van der Waals surface area contributed by atoms with Crippen LogP contribution >= 0.6 is 0 Å². The first-order chi connectivity index (χ1) is 8.20. The zero-order valence-corrected chi connectivity index (χ0v) is 9.94. The summed E-state index contributed by atoms with van der Waals surface area (Å²) in [6.07, 6.45) is 4.50. The van der Waals surface area contributed by atoms with Crippen LogP contribution in [0.4, 0.5) is 0 Å². The zero-order valence-electron chi connectivity index (χ0n) is 9.94. The molecule has 0 radical (unpaired) electrons. The van der Waals surface area contributed by atoms with Crippen LogP contribution in [0.15, 0.2) is 4.42 Å². The molecule has 5 nitrogen and oxygen atoms in total. The molecule has 17 heavy (non-hydrogen) atoms. The van der Waals surface area contributed by atoms with E-state index in [4.69, 9.17) is 14.3 Å². The number of carbonyl (C=O) groups is 1. The minimum atomic E-state index is -1.05. The van der Waals surface area contributed by atoms with E-state index in [9.17, 15) is 4.79 Å². The number of hydrogen-bond acceptors (Lipinski definition) is 4. The standard InChI is InChI=1S/C12H17NO4/c1-2-9-11(12(14)15)17-10(13-9)7-8-5-3-4-6-16-8/h8H,2-7H2,1H3,(H,14,15). The Kier molecular flexibility index (Phi) is 3.78. The monoisotopic (exact) mass is 239 g/mol. The third-order valence-corrected chi connectivity index (χ3v) is 2.95. The van der Waals surface area contributed by atoms with Crippen molar-refractivity contribution < 1.29 is 19.1 Å². The number of oxazole rings is 1. The van der Waals surface area contributed by atoms with Crippen molar-refractivity contribution in [1.82, 2.24) is 4.98 Å². The molecule has 0 amide bonds. The molecule has 1 unspecified atom stereocenters. The quantitative estimate of drug-likeness (QED) is 0.870. The Morgan fingerprint density at radius 1 is 1.53 bits per heavy atom. The molecule has 0 spiro atoms. The first kappa shape index (κ1) is 12.1. The van der Waals surface area contributed by atoms with Crippen LogP contribution in [0.2, 0.25) is 0 Å². The van der Waals surface area contributed by atoms with Gasteiger partial charge in [0.25, 0.3) is 0 Å². The maximum Gasteiger partial charge on any atom is 0.373 e. The summed E-state index contributed by atoms with van der Waals surface area (Å²) in [7, 11) is 0. The smallest absolute Gasteiger partial charge is 0.373 e. The van der Waals surface area contributed by atoms with Gasteiger partial charge in [-0.1, -0.05) is 6.92 Å². The van der Waals surface area contributed by atoms with E-state index in [2.05, 4.69) is 4.98 Å². The molecule has 1 aromatic rings. The van der Waals surface area contributed by atoms with Crippen LogP contribution in [0.5, 0.6) is 0 Å². The van der Waals surface area contributed by atoms with Gasteiger partial charge >= 0.3 is 5.97 Å². The highest BCUT2D eigenvalue weighted by molar-refractivity contribution is 5.85. The Balaban J connectivity index is 2.07. The molecule has 1 saturated heterocycles. The van der Waals surface area contributed by atoms with Crippen LogP contribution in [0.1, 0.15) is 48.3 Å². The Morgan fingerprint density at radius 3 is 2.88 bits per heavy atom. The first-order valence-electron chi connectivity index (χ1n) is 6.04. The maximum atomic E-state index is 10.9. The minimum Gasteiger partial charge on any atom is -0.475 e. The van der Waals surface area contributed by atoms with Gasteiger partial charge in [0.1, 0.15) is 0 Å². The zero-order chi connectivity index (χ0) is 12.3. The molecular weight excluding hydrogens is 222 g/mol. The van der Waals surface area contributed by atoms with Gasteiger partial charge in [0.15, 0.2) is 5.89 Å². The van der Waals surface area contributed by atoms with E-state index in [1.54, 1.807) is 0 Å². The molecule has 0 aromatic carbocycles. The van der Waals surface area contributed by atoms with Gasteiger partial charge in [0, 0.05) is 6.61 Å². The highest BCUT2D eigenvalue weighted by Crippen LogP contribution is 2.19. The number of hydrogen-bond donors (Lipinski definition) is 1. The number of rotatable bonds is 4. The molecular formula is C12H17NO4. The summed E-state index contributed by atoms with van der Waals surface area (Å²) in [5, 5.41) is 8.95. The number of aromatic carboxylic acids is 1. The number of carboxylic acids is 1. The number of carboxylic acid groups (broad SMARTS) is 1. The molecule has 1 aromatic heterocycles. The van der Waals surface area contributed by atoms with Crippen LogP contribution in [0, 0.1) is 0 Å². The summed E-state index contributed by atoms with van der Waals surface area (Å²) in [5.41, 5.74) is 0.517. The van der Waals surface area contributed by atoms with E-state index in [1.165, 1.54) is 0 Å². The Hall–Kier alpha value is -1.36. The lowest BCUT2D eigenvalue weighted by Crippen LogP contribution is -2.21. The molecule has 0 aliphatic carbocycles. The van der Waals surface area contributed by atoms with Crippen molar-refractivity contribution in [2.75, 3.05) is 6.61 Å². The van der Waals surface area contributed by atoms with E-state index in [0.717, 1.165) is 25.9 Å². The summed E-state index contributed by atoms with van der Waals surface area (Å²) in [5.74, 6) is -0.602. The highest BCUT2D eigenvalue weighted by atomic mass is 16.5. The van der Waals surface area contributed by atoms with Crippen molar-refractivity contribution >= 4 is 5.97 Å². The van der Waals surface area contributed by atoms with E-state index < -0.39 is 5.97 Å². The van der Waals surface area contributed by atoms with Crippen molar-refractivity contribution in [3.05, 3.63) is 17.3 Å². The fourth-order valence-electron chi connectivity index (χ4n) is 2.06. The molecule has 1 aliphatic heterocycles. The minimum absolute atomic E-state index is 0.0293. The Bertz CT molecular complexity index is 393. The lowest BCUT2D eigenvalue weighted by atomic mass is 10.1. The second-order valence-electron chi connectivity index (χ2n) is 4.23. The number of aromatic nitrogens is 1. The van der Waals surface area contributed by atoms with Crippen LogP contribution in [0.3, 0.4) is 0 Å². The van der Waals surface area contributed by atoms with Crippen LogP contribution in [-0.4, -0.2) is 28.8 Å². The average Bonchev–Trinajstić information content (AvgIpc) is 2.73. The fraction of sp³-hybridized carbons (Fsp3) is 0.667. The molecule has 94 valence electrons. The highest BCUT2D eigenvalue weighted by Gasteiger charge is 2.22. The maximum absolute atomic E-state index is 10.9. The average molecular weight is 239 g/mol. The molecule has 2 heterocycles. The third-order valence-electron chi connectivity index (χ3n) is 2.95. The number of ether oxygens (including phenoxy) is 1. The summed E-state index contributed by atoms with van der Waals surface area (Å²) in [6.45, 7) is 2.64. The molecule has 1 fully saturated rings. The molecule has 0 bridgehead atoms. The molecule has 0 saturated carbocycles. The molecule has 1 aliphatic rings. The predicted molar refractivity (Wildman–Crippen MR) is 60.1 cm³/mol. The molecule has 1 N–H and O–H groups in total. The molecule has 5 heteroatoms. The van der Waals surface area contributed by atoms with E-state index in [1.807, 2.05) is 6.92 Å². The van der Waals surface area contributed by atoms with Gasteiger partial charge < -0.3 is 14.3 Å². The van der Waals surface area contributed by atoms with Crippen molar-refractivity contribution in [1.29, 1.82) is 0 Å². The normalized spacial score (nSPS) is 20.4. The van der Waals surface area contributed by atoms with Gasteiger partial charge in [-0.2, -0.15) is 0 Å². The van der Waals surface area contributed by atoms with Crippen molar-refractivity contribution in [2.24, 2.45) is 0 Å². The van der Waals surface area contributed by atoms with Crippen LogP contribution in [0.25, 0.3) is 0 Å². The van der Waals surface area contributed by atoms with Gasteiger partial charge in [-0.3, -0.25) is 0 Å². The molecule has 2 rings (SSSR count). The topological polar surface area (TPSA) is 72.6 Å². The van der Waals surface area contributed by atoms with Crippen LogP contribution in [-0.2, 0) is 17.6 Å². The van der Waals surface area contributed by atoms with Crippen LogP contribution < -0.4 is 0 Å². The number of nitrogens with zero attached hydrogens (tertiary/aromatic N) is 1.